The van der Waals surface area contributed by atoms with E-state index in [-0.39, 0.29) is 18.6 Å². The van der Waals surface area contributed by atoms with Crippen molar-refractivity contribution >= 4 is 17.5 Å². The van der Waals surface area contributed by atoms with Crippen molar-refractivity contribution in [2.24, 2.45) is 0 Å². The lowest BCUT2D eigenvalue weighted by Gasteiger charge is -2.34. The van der Waals surface area contributed by atoms with Gasteiger partial charge in [0.15, 0.2) is 11.5 Å². The molecule has 0 atom stereocenters. The number of anilines is 1. The number of nitrogens with zero attached hydrogens (tertiary/aromatic N) is 3. The zero-order valence-electron chi connectivity index (χ0n) is 15.7. The van der Waals surface area contributed by atoms with Gasteiger partial charge in [-0.15, -0.1) is 0 Å². The molecule has 8 heteroatoms. The Hall–Kier alpha value is -3.29. The molecule has 2 aromatic rings. The molecule has 3 heterocycles. The maximum absolute atomic E-state index is 12.7. The normalized spacial score (nSPS) is 15.5. The topological polar surface area (TPSA) is 84.0 Å². The molecule has 146 valence electrons. The van der Waals surface area contributed by atoms with Crippen molar-refractivity contribution in [1.82, 2.24) is 14.8 Å². The zero-order chi connectivity index (χ0) is 19.5. The summed E-state index contributed by atoms with van der Waals surface area (Å²) in [5.74, 6) is 1.43. The Morgan fingerprint density at radius 3 is 2.57 bits per heavy atom. The first-order valence-electron chi connectivity index (χ1n) is 9.23. The van der Waals surface area contributed by atoms with Gasteiger partial charge in [-0.25, -0.2) is 0 Å². The predicted octanol–water partition coefficient (Wildman–Crippen LogP) is 1.73. The lowest BCUT2D eigenvalue weighted by atomic mass is 10.2. The van der Waals surface area contributed by atoms with Gasteiger partial charge in [0.1, 0.15) is 5.69 Å². The molecule has 8 nitrogen and oxygen atoms in total. The number of ether oxygens (including phenoxy) is 2. The number of benzene rings is 1. The molecule has 0 spiro atoms. The van der Waals surface area contributed by atoms with Crippen LogP contribution in [0.15, 0.2) is 36.5 Å². The standard InChI is InChI=1S/C20H22N4O4/c1-14(25)23-6-8-24(9-7-23)20(26)17-11-16(4-5-21-17)22-12-15-2-3-18-19(10-15)28-13-27-18/h2-5,10-11H,6-9,12-13H2,1H3,(H,21,22). The van der Waals surface area contributed by atoms with Gasteiger partial charge in [0.2, 0.25) is 12.7 Å². The molecule has 2 aliphatic rings. The summed E-state index contributed by atoms with van der Waals surface area (Å²) in [6.45, 7) is 4.55. The Balaban J connectivity index is 1.37. The van der Waals surface area contributed by atoms with Crippen LogP contribution in [0.4, 0.5) is 5.69 Å². The van der Waals surface area contributed by atoms with Crippen LogP contribution in [0, 0.1) is 0 Å². The molecule has 1 aromatic heterocycles. The van der Waals surface area contributed by atoms with Gasteiger partial charge in [-0.1, -0.05) is 6.07 Å². The molecule has 28 heavy (non-hydrogen) atoms. The third kappa shape index (κ3) is 3.85. The van der Waals surface area contributed by atoms with Crippen molar-refractivity contribution in [2.75, 3.05) is 38.3 Å². The Kier molecular flexibility index (Phi) is 5.01. The Morgan fingerprint density at radius 2 is 1.79 bits per heavy atom. The van der Waals surface area contributed by atoms with E-state index in [1.54, 1.807) is 29.0 Å². The van der Waals surface area contributed by atoms with Crippen molar-refractivity contribution in [3.8, 4) is 11.5 Å². The molecule has 1 fully saturated rings. The second kappa shape index (κ2) is 7.75. The third-order valence-corrected chi connectivity index (χ3v) is 4.92. The molecule has 0 radical (unpaired) electrons. The van der Waals surface area contributed by atoms with Crippen LogP contribution in [0.2, 0.25) is 0 Å². The van der Waals surface area contributed by atoms with Crippen molar-refractivity contribution in [3.05, 3.63) is 47.8 Å². The molecule has 1 aromatic carbocycles. The molecular weight excluding hydrogens is 360 g/mol. The highest BCUT2D eigenvalue weighted by atomic mass is 16.7. The van der Waals surface area contributed by atoms with E-state index in [9.17, 15) is 9.59 Å². The molecular formula is C20H22N4O4. The zero-order valence-corrected chi connectivity index (χ0v) is 15.7. The molecule has 0 saturated carbocycles. The van der Waals surface area contributed by atoms with Gasteiger partial charge >= 0.3 is 0 Å². The lowest BCUT2D eigenvalue weighted by molar-refractivity contribution is -0.130. The smallest absolute Gasteiger partial charge is 0.272 e. The maximum atomic E-state index is 12.7. The monoisotopic (exact) mass is 382 g/mol. The molecule has 0 bridgehead atoms. The number of fused-ring (bicyclic) bond motifs is 1. The first-order valence-corrected chi connectivity index (χ1v) is 9.23. The fraction of sp³-hybridized carbons (Fsp3) is 0.350. The molecule has 4 rings (SSSR count). The van der Waals surface area contributed by atoms with E-state index >= 15 is 0 Å². The van der Waals surface area contributed by atoms with Crippen molar-refractivity contribution in [2.45, 2.75) is 13.5 Å². The van der Waals surface area contributed by atoms with Crippen LogP contribution in [-0.4, -0.2) is 59.6 Å². The summed E-state index contributed by atoms with van der Waals surface area (Å²) in [5.41, 5.74) is 2.26. The van der Waals surface area contributed by atoms with Crippen LogP contribution in [-0.2, 0) is 11.3 Å². The molecule has 0 aliphatic carbocycles. The average Bonchev–Trinajstić information content (AvgIpc) is 3.20. The minimum Gasteiger partial charge on any atom is -0.454 e. The fourth-order valence-electron chi connectivity index (χ4n) is 3.30. The highest BCUT2D eigenvalue weighted by Gasteiger charge is 2.24. The minimum absolute atomic E-state index is 0.0416. The van der Waals surface area contributed by atoms with Crippen molar-refractivity contribution in [1.29, 1.82) is 0 Å². The van der Waals surface area contributed by atoms with Crippen LogP contribution in [0.5, 0.6) is 11.5 Å². The van der Waals surface area contributed by atoms with Crippen LogP contribution in [0.3, 0.4) is 0 Å². The largest absolute Gasteiger partial charge is 0.454 e. The number of carbonyl (C=O) groups excluding carboxylic acids is 2. The van der Waals surface area contributed by atoms with E-state index in [2.05, 4.69) is 10.3 Å². The van der Waals surface area contributed by atoms with Gasteiger partial charge in [0.05, 0.1) is 0 Å². The van der Waals surface area contributed by atoms with Gasteiger partial charge in [0.25, 0.3) is 5.91 Å². The van der Waals surface area contributed by atoms with Gasteiger partial charge in [-0.05, 0) is 29.8 Å². The molecule has 2 amide bonds. The number of aromatic nitrogens is 1. The molecule has 0 unspecified atom stereocenters. The number of piperazine rings is 1. The van der Waals surface area contributed by atoms with Gasteiger partial charge < -0.3 is 24.6 Å². The summed E-state index contributed by atoms with van der Waals surface area (Å²) in [4.78, 5) is 31.9. The SMILES string of the molecule is CC(=O)N1CCN(C(=O)c2cc(NCc3ccc4c(c3)OCO4)ccn2)CC1. The maximum Gasteiger partial charge on any atom is 0.272 e. The van der Waals surface area contributed by atoms with Gasteiger partial charge in [0, 0.05) is 51.5 Å². The number of hydrogen-bond donors (Lipinski definition) is 1. The number of carbonyl (C=O) groups is 2. The quantitative estimate of drug-likeness (QED) is 0.867. The first kappa shape index (κ1) is 18.1. The van der Waals surface area contributed by atoms with E-state index in [0.29, 0.717) is 38.4 Å². The number of hydrogen-bond acceptors (Lipinski definition) is 6. The second-order valence-corrected chi connectivity index (χ2v) is 6.77. The number of pyridine rings is 1. The Labute approximate surface area is 163 Å². The molecule has 1 saturated heterocycles. The summed E-state index contributed by atoms with van der Waals surface area (Å²) >= 11 is 0. The van der Waals surface area contributed by atoms with E-state index in [1.165, 1.54) is 0 Å². The van der Waals surface area contributed by atoms with Crippen LogP contribution < -0.4 is 14.8 Å². The van der Waals surface area contributed by atoms with Crippen LogP contribution in [0.25, 0.3) is 0 Å². The second-order valence-electron chi connectivity index (χ2n) is 6.77. The van der Waals surface area contributed by atoms with Crippen LogP contribution in [0.1, 0.15) is 23.0 Å². The summed E-state index contributed by atoms with van der Waals surface area (Å²) in [6.07, 6.45) is 1.63. The number of nitrogens with one attached hydrogen (secondary N) is 1. The van der Waals surface area contributed by atoms with E-state index in [1.807, 2.05) is 24.3 Å². The predicted molar refractivity (Wildman–Crippen MR) is 102 cm³/mol. The lowest BCUT2D eigenvalue weighted by Crippen LogP contribution is -2.50. The summed E-state index contributed by atoms with van der Waals surface area (Å²) in [5, 5.41) is 3.31. The average molecular weight is 382 g/mol. The van der Waals surface area contributed by atoms with E-state index in [4.69, 9.17) is 9.47 Å². The van der Waals surface area contributed by atoms with Crippen LogP contribution >= 0.6 is 0 Å². The molecule has 1 N–H and O–H groups in total. The first-order chi connectivity index (χ1) is 13.6. The number of rotatable bonds is 4. The highest BCUT2D eigenvalue weighted by Crippen LogP contribution is 2.32. The van der Waals surface area contributed by atoms with E-state index < -0.39 is 0 Å². The van der Waals surface area contributed by atoms with Gasteiger partial charge in [-0.2, -0.15) is 0 Å². The minimum atomic E-state index is -0.116. The number of amides is 2. The summed E-state index contributed by atoms with van der Waals surface area (Å²) < 4.78 is 10.7. The van der Waals surface area contributed by atoms with Gasteiger partial charge in [-0.3, -0.25) is 14.6 Å². The Bertz CT molecular complexity index is 894. The fourth-order valence-corrected chi connectivity index (χ4v) is 3.30. The van der Waals surface area contributed by atoms with Crippen molar-refractivity contribution in [3.63, 3.8) is 0 Å². The third-order valence-electron chi connectivity index (χ3n) is 4.92. The van der Waals surface area contributed by atoms with Crippen molar-refractivity contribution < 1.29 is 19.1 Å². The molecule has 2 aliphatic heterocycles. The van der Waals surface area contributed by atoms with E-state index in [0.717, 1.165) is 22.7 Å². The Morgan fingerprint density at radius 1 is 1.04 bits per heavy atom. The summed E-state index contributed by atoms with van der Waals surface area (Å²) in [7, 11) is 0. The highest BCUT2D eigenvalue weighted by molar-refractivity contribution is 5.93. The summed E-state index contributed by atoms with van der Waals surface area (Å²) in [6, 6.07) is 9.39.